The van der Waals surface area contributed by atoms with E-state index in [1.54, 1.807) is 12.3 Å². The van der Waals surface area contributed by atoms with Crippen molar-refractivity contribution in [2.24, 2.45) is 0 Å². The molecule has 1 aromatic carbocycles. The van der Waals surface area contributed by atoms with Crippen molar-refractivity contribution in [3.05, 3.63) is 65.5 Å². The third kappa shape index (κ3) is 2.49. The van der Waals surface area contributed by atoms with Gasteiger partial charge in [-0.25, -0.2) is 8.78 Å². The lowest BCUT2D eigenvalue weighted by atomic mass is 9.92. The monoisotopic (exact) mass is 233 g/mol. The van der Waals surface area contributed by atoms with Crippen molar-refractivity contribution in [3.63, 3.8) is 0 Å². The second-order valence-electron chi connectivity index (χ2n) is 3.89. The predicted octanol–water partition coefficient (Wildman–Crippen LogP) is 3.90. The smallest absolute Gasteiger partial charge is 0.159 e. The first-order chi connectivity index (χ1) is 8.22. The van der Waals surface area contributed by atoms with Gasteiger partial charge in [0.05, 0.1) is 0 Å². The molecule has 17 heavy (non-hydrogen) atoms. The third-order valence-electron chi connectivity index (χ3n) is 2.80. The predicted molar refractivity (Wildman–Crippen MR) is 62.7 cm³/mol. The normalized spacial score (nSPS) is 12.4. The summed E-state index contributed by atoms with van der Waals surface area (Å²) in [5.41, 5.74) is 1.63. The second kappa shape index (κ2) is 5.04. The molecular formula is C14H13F2N. The van der Waals surface area contributed by atoms with Crippen molar-refractivity contribution in [2.75, 3.05) is 0 Å². The molecule has 0 aliphatic heterocycles. The van der Waals surface area contributed by atoms with Crippen LogP contribution in [-0.2, 0) is 0 Å². The van der Waals surface area contributed by atoms with E-state index in [-0.39, 0.29) is 5.92 Å². The van der Waals surface area contributed by atoms with Gasteiger partial charge < -0.3 is 0 Å². The highest BCUT2D eigenvalue weighted by atomic mass is 19.2. The maximum absolute atomic E-state index is 13.2. The van der Waals surface area contributed by atoms with Crippen LogP contribution in [0.5, 0.6) is 0 Å². The van der Waals surface area contributed by atoms with Crippen LogP contribution >= 0.6 is 0 Å². The van der Waals surface area contributed by atoms with Gasteiger partial charge in [0.25, 0.3) is 0 Å². The summed E-state index contributed by atoms with van der Waals surface area (Å²) in [5.74, 6) is -1.62. The maximum atomic E-state index is 13.2. The van der Waals surface area contributed by atoms with Crippen LogP contribution in [0.3, 0.4) is 0 Å². The Morgan fingerprint density at radius 3 is 2.53 bits per heavy atom. The third-order valence-corrected chi connectivity index (χ3v) is 2.80. The Bertz CT molecular complexity index is 497. The summed E-state index contributed by atoms with van der Waals surface area (Å²) in [6, 6.07) is 9.65. The van der Waals surface area contributed by atoms with Crippen LogP contribution in [0.4, 0.5) is 8.78 Å². The van der Waals surface area contributed by atoms with E-state index in [1.807, 2.05) is 25.1 Å². The molecule has 0 saturated heterocycles. The molecule has 3 heteroatoms. The van der Waals surface area contributed by atoms with Gasteiger partial charge in [-0.05, 0) is 36.2 Å². The summed E-state index contributed by atoms with van der Waals surface area (Å²) in [6.07, 6.45) is 2.50. The van der Waals surface area contributed by atoms with E-state index < -0.39 is 11.6 Å². The summed E-state index contributed by atoms with van der Waals surface area (Å²) in [6.45, 7) is 2.00. The molecule has 1 atom stereocenters. The Hall–Kier alpha value is -1.77. The molecule has 2 aromatic rings. The van der Waals surface area contributed by atoms with Crippen molar-refractivity contribution in [3.8, 4) is 0 Å². The van der Waals surface area contributed by atoms with Gasteiger partial charge in [-0.15, -0.1) is 0 Å². The van der Waals surface area contributed by atoms with Crippen LogP contribution in [0.1, 0.15) is 30.5 Å². The molecule has 0 saturated carbocycles. The fourth-order valence-corrected chi connectivity index (χ4v) is 1.93. The van der Waals surface area contributed by atoms with Crippen molar-refractivity contribution in [2.45, 2.75) is 19.3 Å². The molecule has 1 unspecified atom stereocenters. The van der Waals surface area contributed by atoms with Crippen molar-refractivity contribution < 1.29 is 8.78 Å². The first kappa shape index (κ1) is 11.7. The van der Waals surface area contributed by atoms with Crippen LogP contribution in [0.25, 0.3) is 0 Å². The molecule has 0 fully saturated rings. The molecule has 1 heterocycles. The molecule has 0 amide bonds. The minimum Gasteiger partial charge on any atom is -0.261 e. The molecule has 0 aliphatic carbocycles. The maximum Gasteiger partial charge on any atom is 0.159 e. The Morgan fingerprint density at radius 1 is 1.12 bits per heavy atom. The average molecular weight is 233 g/mol. The van der Waals surface area contributed by atoms with Crippen LogP contribution in [0.15, 0.2) is 42.6 Å². The van der Waals surface area contributed by atoms with E-state index in [2.05, 4.69) is 4.98 Å². The van der Waals surface area contributed by atoms with Gasteiger partial charge in [-0.1, -0.05) is 19.1 Å². The molecule has 1 nitrogen and oxygen atoms in total. The van der Waals surface area contributed by atoms with E-state index >= 15 is 0 Å². The second-order valence-corrected chi connectivity index (χ2v) is 3.89. The lowest BCUT2D eigenvalue weighted by molar-refractivity contribution is 0.505. The zero-order valence-corrected chi connectivity index (χ0v) is 9.53. The Morgan fingerprint density at radius 2 is 1.94 bits per heavy atom. The topological polar surface area (TPSA) is 12.9 Å². The summed E-state index contributed by atoms with van der Waals surface area (Å²) in [7, 11) is 0. The van der Waals surface area contributed by atoms with Crippen molar-refractivity contribution in [1.29, 1.82) is 0 Å². The zero-order chi connectivity index (χ0) is 12.3. The molecule has 2 rings (SSSR count). The van der Waals surface area contributed by atoms with Crippen LogP contribution < -0.4 is 0 Å². The highest BCUT2D eigenvalue weighted by Crippen LogP contribution is 2.27. The van der Waals surface area contributed by atoms with Crippen molar-refractivity contribution >= 4 is 0 Å². The summed E-state index contributed by atoms with van der Waals surface area (Å²) in [4.78, 5) is 4.26. The summed E-state index contributed by atoms with van der Waals surface area (Å²) in [5, 5.41) is 0. The van der Waals surface area contributed by atoms with Gasteiger partial charge in [0.15, 0.2) is 11.6 Å². The molecule has 88 valence electrons. The SMILES string of the molecule is CCC(c1ccc(F)c(F)c1)c1ccccn1. The number of rotatable bonds is 3. The number of halogens is 2. The van der Waals surface area contributed by atoms with Gasteiger partial charge in [0.1, 0.15) is 0 Å². The fourth-order valence-electron chi connectivity index (χ4n) is 1.93. The quantitative estimate of drug-likeness (QED) is 0.783. The minimum atomic E-state index is -0.815. The summed E-state index contributed by atoms with van der Waals surface area (Å²) < 4.78 is 26.1. The highest BCUT2D eigenvalue weighted by Gasteiger charge is 2.14. The van der Waals surface area contributed by atoms with Gasteiger partial charge >= 0.3 is 0 Å². The van der Waals surface area contributed by atoms with Crippen LogP contribution in [-0.4, -0.2) is 4.98 Å². The molecule has 0 bridgehead atoms. The fraction of sp³-hybridized carbons (Fsp3) is 0.214. The Kier molecular flexibility index (Phi) is 3.47. The van der Waals surface area contributed by atoms with E-state index in [4.69, 9.17) is 0 Å². The number of benzene rings is 1. The first-order valence-corrected chi connectivity index (χ1v) is 5.58. The average Bonchev–Trinajstić information content (AvgIpc) is 2.36. The minimum absolute atomic E-state index is 0.00583. The Balaban J connectivity index is 2.39. The zero-order valence-electron chi connectivity index (χ0n) is 9.53. The molecule has 0 aliphatic rings. The van der Waals surface area contributed by atoms with E-state index in [0.717, 1.165) is 23.7 Å². The molecule has 0 radical (unpaired) electrons. The van der Waals surface area contributed by atoms with E-state index in [0.29, 0.717) is 0 Å². The molecular weight excluding hydrogens is 220 g/mol. The number of hydrogen-bond donors (Lipinski definition) is 0. The first-order valence-electron chi connectivity index (χ1n) is 5.58. The number of pyridine rings is 1. The molecule has 1 aromatic heterocycles. The lowest BCUT2D eigenvalue weighted by Crippen LogP contribution is -2.03. The summed E-state index contributed by atoms with van der Waals surface area (Å²) >= 11 is 0. The molecule has 0 N–H and O–H groups in total. The lowest BCUT2D eigenvalue weighted by Gasteiger charge is -2.14. The number of aromatic nitrogens is 1. The van der Waals surface area contributed by atoms with Crippen LogP contribution in [0.2, 0.25) is 0 Å². The highest BCUT2D eigenvalue weighted by molar-refractivity contribution is 5.29. The number of hydrogen-bond acceptors (Lipinski definition) is 1. The van der Waals surface area contributed by atoms with Crippen molar-refractivity contribution in [1.82, 2.24) is 4.98 Å². The van der Waals surface area contributed by atoms with Crippen LogP contribution in [0, 0.1) is 11.6 Å². The largest absolute Gasteiger partial charge is 0.261 e. The standard InChI is InChI=1S/C14H13F2N/c1-2-11(14-5-3-4-8-17-14)10-6-7-12(15)13(16)9-10/h3-9,11H,2H2,1H3. The van der Waals surface area contributed by atoms with Gasteiger partial charge in [0, 0.05) is 17.8 Å². The van der Waals surface area contributed by atoms with E-state index in [9.17, 15) is 8.78 Å². The van der Waals surface area contributed by atoms with E-state index in [1.165, 1.54) is 6.07 Å². The van der Waals surface area contributed by atoms with Gasteiger partial charge in [0.2, 0.25) is 0 Å². The van der Waals surface area contributed by atoms with Gasteiger partial charge in [-0.3, -0.25) is 4.98 Å². The van der Waals surface area contributed by atoms with Gasteiger partial charge in [-0.2, -0.15) is 0 Å². The number of nitrogens with zero attached hydrogens (tertiary/aromatic N) is 1. The Labute approximate surface area is 99.1 Å². The molecule has 0 spiro atoms.